The molecule has 4 nitrogen and oxygen atoms in total. The van der Waals surface area contributed by atoms with Crippen molar-refractivity contribution in [2.75, 3.05) is 33.3 Å². The maximum Gasteiger partial charge on any atom is 0.236 e. The quantitative estimate of drug-likeness (QED) is 0.510. The van der Waals surface area contributed by atoms with Crippen LogP contribution in [0.1, 0.15) is 6.92 Å². The molecule has 0 atom stereocenters. The molecule has 0 saturated carbocycles. The van der Waals surface area contributed by atoms with E-state index in [0.717, 1.165) is 6.54 Å². The molecular weight excluding hydrogens is 144 g/mol. The number of hydrogen-bond acceptors (Lipinski definition) is 3. The van der Waals surface area contributed by atoms with Gasteiger partial charge in [0.15, 0.2) is 0 Å². The number of rotatable bonds is 5. The average Bonchev–Trinajstić information content (AvgIpc) is 2.03. The lowest BCUT2D eigenvalue weighted by Gasteiger charge is -2.14. The molecule has 1 amide bonds. The summed E-state index contributed by atoms with van der Waals surface area (Å²) in [6.45, 7) is 3.50. The van der Waals surface area contributed by atoms with Crippen molar-refractivity contribution < 1.29 is 9.90 Å². The van der Waals surface area contributed by atoms with Gasteiger partial charge in [0.05, 0.1) is 13.2 Å². The van der Waals surface area contributed by atoms with Crippen molar-refractivity contribution in [3.05, 3.63) is 0 Å². The van der Waals surface area contributed by atoms with Crippen molar-refractivity contribution in [1.29, 1.82) is 0 Å². The summed E-state index contributed by atoms with van der Waals surface area (Å²) in [6, 6.07) is 0. The van der Waals surface area contributed by atoms with Crippen LogP contribution in [0.25, 0.3) is 0 Å². The molecule has 0 heterocycles. The molecule has 0 bridgehead atoms. The molecule has 4 heteroatoms. The van der Waals surface area contributed by atoms with E-state index < -0.39 is 0 Å². The summed E-state index contributed by atoms with van der Waals surface area (Å²) >= 11 is 0. The van der Waals surface area contributed by atoms with Crippen LogP contribution >= 0.6 is 0 Å². The molecule has 0 spiro atoms. The molecule has 66 valence electrons. The second-order valence-electron chi connectivity index (χ2n) is 2.31. The van der Waals surface area contributed by atoms with E-state index >= 15 is 0 Å². The summed E-state index contributed by atoms with van der Waals surface area (Å²) in [4.78, 5) is 12.7. The van der Waals surface area contributed by atoms with Crippen molar-refractivity contribution in [2.24, 2.45) is 0 Å². The fourth-order valence-electron chi connectivity index (χ4n) is 0.586. The third-order valence-corrected chi connectivity index (χ3v) is 1.46. The van der Waals surface area contributed by atoms with Gasteiger partial charge in [-0.05, 0) is 6.92 Å². The van der Waals surface area contributed by atoms with E-state index in [2.05, 4.69) is 5.32 Å². The van der Waals surface area contributed by atoms with Crippen LogP contribution in [0.3, 0.4) is 0 Å². The Hall–Kier alpha value is -0.610. The monoisotopic (exact) mass is 160 g/mol. The first-order valence-electron chi connectivity index (χ1n) is 3.78. The number of aliphatic hydroxyl groups excluding tert-OH is 1. The Balaban J connectivity index is 3.36. The minimum atomic E-state index is 0.0564. The van der Waals surface area contributed by atoms with E-state index in [9.17, 15) is 4.79 Å². The molecule has 0 aromatic rings. The fraction of sp³-hybridized carbons (Fsp3) is 0.857. The van der Waals surface area contributed by atoms with Crippen LogP contribution in [-0.4, -0.2) is 49.2 Å². The second kappa shape index (κ2) is 6.12. The number of amides is 1. The topological polar surface area (TPSA) is 52.6 Å². The van der Waals surface area contributed by atoms with Crippen LogP contribution < -0.4 is 5.32 Å². The molecule has 0 aromatic carbocycles. The molecule has 0 aliphatic rings. The molecule has 0 fully saturated rings. The third kappa shape index (κ3) is 4.75. The molecular formula is C7H16N2O2. The zero-order valence-electron chi connectivity index (χ0n) is 7.13. The Kier molecular flexibility index (Phi) is 5.78. The van der Waals surface area contributed by atoms with E-state index in [1.54, 1.807) is 11.9 Å². The predicted octanol–water partition coefficient (Wildman–Crippen LogP) is -0.953. The SMILES string of the molecule is CCN(C)C(=O)CNCCO. The van der Waals surface area contributed by atoms with Gasteiger partial charge >= 0.3 is 0 Å². The first-order chi connectivity index (χ1) is 5.22. The van der Waals surface area contributed by atoms with Gasteiger partial charge in [-0.15, -0.1) is 0 Å². The molecule has 0 aliphatic carbocycles. The van der Waals surface area contributed by atoms with Crippen molar-refractivity contribution in [2.45, 2.75) is 6.92 Å². The minimum Gasteiger partial charge on any atom is -0.395 e. The first-order valence-corrected chi connectivity index (χ1v) is 3.78. The third-order valence-electron chi connectivity index (χ3n) is 1.46. The van der Waals surface area contributed by atoms with E-state index in [1.807, 2.05) is 6.92 Å². The smallest absolute Gasteiger partial charge is 0.236 e. The number of carbonyl (C=O) groups is 1. The Bertz CT molecular complexity index is 117. The van der Waals surface area contributed by atoms with Crippen LogP contribution in [0.4, 0.5) is 0 Å². The van der Waals surface area contributed by atoms with Gasteiger partial charge in [-0.3, -0.25) is 4.79 Å². The Labute approximate surface area is 67.2 Å². The summed E-state index contributed by atoms with van der Waals surface area (Å²) in [7, 11) is 1.75. The molecule has 11 heavy (non-hydrogen) atoms. The first kappa shape index (κ1) is 10.4. The molecule has 2 N–H and O–H groups in total. The number of hydrogen-bond donors (Lipinski definition) is 2. The van der Waals surface area contributed by atoms with Gasteiger partial charge in [-0.25, -0.2) is 0 Å². The highest BCUT2D eigenvalue weighted by Gasteiger charge is 2.03. The Morgan fingerprint density at radius 3 is 2.73 bits per heavy atom. The highest BCUT2D eigenvalue weighted by Crippen LogP contribution is 1.80. The Morgan fingerprint density at radius 2 is 2.27 bits per heavy atom. The van der Waals surface area contributed by atoms with Gasteiger partial charge < -0.3 is 15.3 Å². The highest BCUT2D eigenvalue weighted by atomic mass is 16.3. The van der Waals surface area contributed by atoms with Crippen molar-refractivity contribution in [1.82, 2.24) is 10.2 Å². The zero-order chi connectivity index (χ0) is 8.69. The maximum atomic E-state index is 11.0. The number of aliphatic hydroxyl groups is 1. The van der Waals surface area contributed by atoms with Gasteiger partial charge in [0, 0.05) is 20.1 Å². The maximum absolute atomic E-state index is 11.0. The van der Waals surface area contributed by atoms with Gasteiger partial charge in [-0.1, -0.05) is 0 Å². The Morgan fingerprint density at radius 1 is 1.64 bits per heavy atom. The second-order valence-corrected chi connectivity index (χ2v) is 2.31. The largest absolute Gasteiger partial charge is 0.395 e. The fourth-order valence-corrected chi connectivity index (χ4v) is 0.586. The van der Waals surface area contributed by atoms with E-state index in [0.29, 0.717) is 13.1 Å². The predicted molar refractivity (Wildman–Crippen MR) is 43.3 cm³/mol. The van der Waals surface area contributed by atoms with Crippen LogP contribution in [0, 0.1) is 0 Å². The summed E-state index contributed by atoms with van der Waals surface area (Å²) in [6.07, 6.45) is 0. The van der Waals surface area contributed by atoms with Crippen LogP contribution in [0.5, 0.6) is 0 Å². The number of nitrogens with one attached hydrogen (secondary N) is 1. The van der Waals surface area contributed by atoms with Gasteiger partial charge in [-0.2, -0.15) is 0 Å². The van der Waals surface area contributed by atoms with Gasteiger partial charge in [0.2, 0.25) is 5.91 Å². The summed E-state index contributed by atoms with van der Waals surface area (Å²) in [5, 5.41) is 11.2. The standard InChI is InChI=1S/C7H16N2O2/c1-3-9(2)7(11)6-8-4-5-10/h8,10H,3-6H2,1-2H3. The number of likely N-dealkylation sites (N-methyl/N-ethyl adjacent to an activating group) is 1. The lowest BCUT2D eigenvalue weighted by molar-refractivity contribution is -0.128. The van der Waals surface area contributed by atoms with E-state index in [-0.39, 0.29) is 12.5 Å². The molecule has 0 unspecified atom stereocenters. The highest BCUT2D eigenvalue weighted by molar-refractivity contribution is 5.77. The minimum absolute atomic E-state index is 0.0564. The molecule has 0 rings (SSSR count). The summed E-state index contributed by atoms with van der Waals surface area (Å²) in [5.74, 6) is 0.0564. The summed E-state index contributed by atoms with van der Waals surface area (Å²) in [5.41, 5.74) is 0. The van der Waals surface area contributed by atoms with Crippen LogP contribution in [-0.2, 0) is 4.79 Å². The van der Waals surface area contributed by atoms with Crippen molar-refractivity contribution >= 4 is 5.91 Å². The van der Waals surface area contributed by atoms with E-state index in [4.69, 9.17) is 5.11 Å². The molecule has 0 saturated heterocycles. The van der Waals surface area contributed by atoms with Crippen LogP contribution in [0.2, 0.25) is 0 Å². The summed E-state index contributed by atoms with van der Waals surface area (Å²) < 4.78 is 0. The van der Waals surface area contributed by atoms with Gasteiger partial charge in [0.1, 0.15) is 0 Å². The lowest BCUT2D eigenvalue weighted by Crippen LogP contribution is -2.36. The molecule has 0 aliphatic heterocycles. The van der Waals surface area contributed by atoms with Crippen molar-refractivity contribution in [3.8, 4) is 0 Å². The van der Waals surface area contributed by atoms with E-state index in [1.165, 1.54) is 0 Å². The van der Waals surface area contributed by atoms with Gasteiger partial charge in [0.25, 0.3) is 0 Å². The zero-order valence-corrected chi connectivity index (χ0v) is 7.13. The average molecular weight is 160 g/mol. The molecule has 0 aromatic heterocycles. The normalized spacial score (nSPS) is 9.73. The lowest BCUT2D eigenvalue weighted by atomic mass is 10.5. The van der Waals surface area contributed by atoms with Crippen molar-refractivity contribution in [3.63, 3.8) is 0 Å². The molecule has 0 radical (unpaired) electrons. The number of nitrogens with zero attached hydrogens (tertiary/aromatic N) is 1. The van der Waals surface area contributed by atoms with Crippen LogP contribution in [0.15, 0.2) is 0 Å². The number of carbonyl (C=O) groups excluding carboxylic acids is 1.